The fourth-order valence-corrected chi connectivity index (χ4v) is 6.83. The van der Waals surface area contributed by atoms with Crippen LogP contribution in [0, 0.1) is 67.5 Å². The Morgan fingerprint density at radius 3 is 1.28 bits per heavy atom. The summed E-state index contributed by atoms with van der Waals surface area (Å²) < 4.78 is 111. The molecule has 0 bridgehead atoms. The number of hydrogen-bond acceptors (Lipinski definition) is 12. The Kier molecular flexibility index (Phi) is 20.7. The van der Waals surface area contributed by atoms with E-state index in [2.05, 4.69) is 10.6 Å². The molecular formula is C40H50AcF2N2O13S2. The molecule has 0 aliphatic carbocycles. The molecule has 4 atom stereocenters. The van der Waals surface area contributed by atoms with Crippen molar-refractivity contribution in [2.45, 2.75) is 24.7 Å². The van der Waals surface area contributed by atoms with Gasteiger partial charge in [-0.25, -0.2) is 8.78 Å². The van der Waals surface area contributed by atoms with Crippen molar-refractivity contribution < 1.29 is 113 Å². The normalized spacial score (nSPS) is 19.8. The molecule has 4 heterocycles. The van der Waals surface area contributed by atoms with Gasteiger partial charge in [-0.3, -0.25) is 9.11 Å². The zero-order chi connectivity index (χ0) is 41.7. The molecule has 0 aromatic heterocycles. The molecule has 0 saturated carbocycles. The minimum Gasteiger partial charge on any atom is -0.493 e. The van der Waals surface area contributed by atoms with Crippen molar-refractivity contribution in [1.29, 1.82) is 0 Å². The summed E-state index contributed by atoms with van der Waals surface area (Å²) in [5.74, 6) is 5.57. The number of hydrogen-bond donors (Lipinski definition) is 4. The quantitative estimate of drug-likeness (QED) is 0.174. The number of halogens is 2. The number of rotatable bonds is 8. The van der Waals surface area contributed by atoms with Crippen LogP contribution in [-0.4, -0.2) is 96.9 Å². The van der Waals surface area contributed by atoms with Crippen molar-refractivity contribution in [3.8, 4) is 34.5 Å². The maximum atomic E-state index is 13.2. The zero-order valence-corrected chi connectivity index (χ0v) is 39.5. The minimum absolute atomic E-state index is 0. The Balaban J connectivity index is 0.000000255. The summed E-state index contributed by atoms with van der Waals surface area (Å²) in [6.07, 6.45) is 3.49. The number of fused-ring (bicyclic) bond motifs is 2. The van der Waals surface area contributed by atoms with E-state index < -0.39 is 20.2 Å². The predicted molar refractivity (Wildman–Crippen MR) is 215 cm³/mol. The molecule has 4 aromatic rings. The second-order valence-electron chi connectivity index (χ2n) is 13.9. The fourth-order valence-electron chi connectivity index (χ4n) is 6.83. The van der Waals surface area contributed by atoms with Gasteiger partial charge in [-0.1, -0.05) is 24.3 Å². The summed E-state index contributed by atoms with van der Waals surface area (Å²) in [7, 11) is -7.33. The van der Waals surface area contributed by atoms with Crippen molar-refractivity contribution >= 4 is 20.2 Å². The summed E-state index contributed by atoms with van der Waals surface area (Å²) >= 11 is 0. The van der Waals surface area contributed by atoms with Gasteiger partial charge in [0.1, 0.15) is 23.1 Å². The Morgan fingerprint density at radius 2 is 0.933 bits per heavy atom. The first kappa shape index (κ1) is 51.0. The van der Waals surface area contributed by atoms with Gasteiger partial charge in [-0.2, -0.15) is 16.8 Å². The number of nitrogens with one attached hydrogen (secondary N) is 2. The molecule has 0 unspecified atom stereocenters. The van der Waals surface area contributed by atoms with E-state index in [1.165, 1.54) is 35.4 Å². The molecule has 2 fully saturated rings. The Labute approximate surface area is 384 Å². The molecule has 60 heavy (non-hydrogen) atoms. The first-order valence-corrected chi connectivity index (χ1v) is 22.1. The average molecular weight is 1100 g/mol. The maximum absolute atomic E-state index is 13.2. The molecule has 8 rings (SSSR count). The minimum atomic E-state index is -3.67. The van der Waals surface area contributed by atoms with E-state index in [0.29, 0.717) is 49.4 Å². The van der Waals surface area contributed by atoms with Crippen LogP contribution >= 0.6 is 0 Å². The summed E-state index contributed by atoms with van der Waals surface area (Å²) in [6.45, 7) is 5.48. The molecule has 327 valence electrons. The van der Waals surface area contributed by atoms with Crippen LogP contribution in [0.4, 0.5) is 8.78 Å². The molecule has 15 nitrogen and oxygen atoms in total. The van der Waals surface area contributed by atoms with Crippen LogP contribution in [0.25, 0.3) is 0 Å². The third kappa shape index (κ3) is 17.6. The van der Waals surface area contributed by atoms with Crippen LogP contribution in [-0.2, 0) is 20.2 Å². The second kappa shape index (κ2) is 24.4. The average Bonchev–Trinajstić information content (AvgIpc) is 3.86. The van der Waals surface area contributed by atoms with Gasteiger partial charge in [0.05, 0.1) is 25.7 Å². The molecule has 2 saturated heterocycles. The SMILES string of the molecule is CS(=O)(=O)O.CS(=O)(=O)O.Fc1ccc([C@@H]2CCNC[C@H]2COc2ccc3c(c2)OCO3)cc1.Fc1ccc([C@@H]2CCNC[C@H]2COc2ccc3c(c2)OCO3)cc1.O.[Ac]. The van der Waals surface area contributed by atoms with Gasteiger partial charge in [-0.15, -0.1) is 0 Å². The molecule has 1 radical (unpaired) electrons. The topological polar surface area (TPSA) is 220 Å². The largest absolute Gasteiger partial charge is 0.493 e. The molecule has 4 aliphatic heterocycles. The number of ether oxygens (including phenoxy) is 6. The van der Waals surface area contributed by atoms with Crippen LogP contribution in [0.5, 0.6) is 34.5 Å². The van der Waals surface area contributed by atoms with E-state index in [4.69, 9.17) is 37.5 Å². The summed E-state index contributed by atoms with van der Waals surface area (Å²) in [5.41, 5.74) is 2.36. The molecule has 0 spiro atoms. The third-order valence-corrected chi connectivity index (χ3v) is 9.43. The Bertz CT molecular complexity index is 1980. The molecule has 0 amide bonds. The van der Waals surface area contributed by atoms with Crippen molar-refractivity contribution in [2.75, 3.05) is 65.5 Å². The summed E-state index contributed by atoms with van der Waals surface area (Å²) in [5, 5.41) is 6.85. The van der Waals surface area contributed by atoms with E-state index >= 15 is 0 Å². The molecule has 4 aromatic carbocycles. The summed E-state index contributed by atoms with van der Waals surface area (Å²) in [6, 6.07) is 25.0. The monoisotopic (exact) mass is 1100 g/mol. The van der Waals surface area contributed by atoms with Crippen molar-refractivity contribution in [3.05, 3.63) is 108 Å². The number of benzene rings is 4. The Hall–Kier alpha value is -3.32. The molecule has 6 N–H and O–H groups in total. The first-order chi connectivity index (χ1) is 27.6. The van der Waals surface area contributed by atoms with E-state index in [1.807, 2.05) is 60.7 Å². The fraction of sp³-hybridized carbons (Fsp3) is 0.400. The zero-order valence-electron chi connectivity index (χ0n) is 33.1. The Morgan fingerprint density at radius 1 is 0.600 bits per heavy atom. The molecule has 20 heteroatoms. The van der Waals surface area contributed by atoms with Crippen LogP contribution < -0.4 is 39.1 Å². The first-order valence-electron chi connectivity index (χ1n) is 18.4. The van der Waals surface area contributed by atoms with Crippen molar-refractivity contribution in [3.63, 3.8) is 0 Å². The van der Waals surface area contributed by atoms with Crippen molar-refractivity contribution in [2.24, 2.45) is 11.8 Å². The van der Waals surface area contributed by atoms with Gasteiger partial charge < -0.3 is 44.5 Å². The number of piperidine rings is 2. The van der Waals surface area contributed by atoms with Crippen LogP contribution in [0.3, 0.4) is 0 Å². The van der Waals surface area contributed by atoms with Crippen LogP contribution in [0.1, 0.15) is 35.8 Å². The van der Waals surface area contributed by atoms with E-state index in [1.54, 1.807) is 0 Å². The van der Waals surface area contributed by atoms with Crippen LogP contribution in [0.2, 0.25) is 0 Å². The van der Waals surface area contributed by atoms with Crippen molar-refractivity contribution in [1.82, 2.24) is 10.6 Å². The van der Waals surface area contributed by atoms with Gasteiger partial charge in [0.25, 0.3) is 20.2 Å². The third-order valence-electron chi connectivity index (χ3n) is 9.43. The van der Waals surface area contributed by atoms with Gasteiger partial charge in [-0.05, 0) is 97.4 Å². The van der Waals surface area contributed by atoms with Gasteiger partial charge >= 0.3 is 0 Å². The van der Waals surface area contributed by atoms with Gasteiger partial charge in [0.2, 0.25) is 13.6 Å². The standard InChI is InChI=1S/2C19H20FNO3.2CH4O3S.Ac.H2O/c2*20-15-3-1-13(2-4-15)17-7-8-21-10-14(17)11-22-16-5-6-18-19(9-16)24-12-23-18;2*1-5(2,3)4;;/h2*1-6,9,14,17,21H,7-8,10-12H2;2*1H3,(H,2,3,4);;1H2/t2*14-,17-;;;;/m00..../s1. The van der Waals surface area contributed by atoms with Gasteiger partial charge in [0, 0.05) is 81.1 Å². The van der Waals surface area contributed by atoms with E-state index in [9.17, 15) is 25.6 Å². The maximum Gasteiger partial charge on any atom is 0.261 e. The van der Waals surface area contributed by atoms with Crippen LogP contribution in [0.15, 0.2) is 84.9 Å². The smallest absolute Gasteiger partial charge is 0.261 e. The predicted octanol–water partition coefficient (Wildman–Crippen LogP) is 4.84. The molecular weight excluding hydrogens is 1050 g/mol. The molecule has 4 aliphatic rings. The summed E-state index contributed by atoms with van der Waals surface area (Å²) in [4.78, 5) is 0. The van der Waals surface area contributed by atoms with E-state index in [-0.39, 0.29) is 74.8 Å². The van der Waals surface area contributed by atoms with Gasteiger partial charge in [0.15, 0.2) is 23.0 Å². The second-order valence-corrected chi connectivity index (χ2v) is 16.9. The van der Waals surface area contributed by atoms with E-state index in [0.717, 1.165) is 73.5 Å².